The summed E-state index contributed by atoms with van der Waals surface area (Å²) < 4.78 is 0.835. The number of benzene rings is 1. The van der Waals surface area contributed by atoms with E-state index in [0.29, 0.717) is 11.7 Å². The molecular formula is C20H15BrClN5O. The molecule has 3 aromatic rings. The van der Waals surface area contributed by atoms with E-state index in [1.54, 1.807) is 23.5 Å². The minimum atomic E-state index is -0.644. The van der Waals surface area contributed by atoms with Crippen molar-refractivity contribution in [3.05, 3.63) is 82.3 Å². The Morgan fingerprint density at radius 3 is 2.57 bits per heavy atom. The Bertz CT molecular complexity index is 1010. The number of carbonyl (C=O) groups excluding carboxylic acids is 1. The van der Waals surface area contributed by atoms with Crippen LogP contribution in [0.5, 0.6) is 0 Å². The highest BCUT2D eigenvalue weighted by atomic mass is 79.9. The molecule has 0 saturated heterocycles. The number of carbonyl (C=O) groups is 1. The molecule has 0 radical (unpaired) electrons. The van der Waals surface area contributed by atoms with E-state index in [1.165, 1.54) is 0 Å². The molecule has 1 aliphatic rings. The quantitative estimate of drug-likeness (QED) is 0.436. The molecule has 0 saturated carbocycles. The number of nitrogens with zero attached hydrogens (tertiary/aromatic N) is 5. The summed E-state index contributed by atoms with van der Waals surface area (Å²) >= 11 is 9.50. The third-order valence-corrected chi connectivity index (χ3v) is 5.24. The van der Waals surface area contributed by atoms with Crippen molar-refractivity contribution in [2.45, 2.75) is 6.17 Å². The number of anilines is 2. The number of aldehydes is 1. The number of hydrogen-bond donors (Lipinski definition) is 0. The number of pyridine rings is 2. The van der Waals surface area contributed by atoms with Gasteiger partial charge in [-0.25, -0.2) is 9.99 Å². The van der Waals surface area contributed by atoms with Gasteiger partial charge < -0.3 is 4.90 Å². The van der Waals surface area contributed by atoms with Gasteiger partial charge in [-0.1, -0.05) is 29.8 Å². The Balaban J connectivity index is 1.85. The van der Waals surface area contributed by atoms with E-state index >= 15 is 0 Å². The molecule has 140 valence electrons. The summed E-state index contributed by atoms with van der Waals surface area (Å²) in [6, 6.07) is 16.8. The fourth-order valence-electron chi connectivity index (χ4n) is 3.02. The average Bonchev–Trinajstić information content (AvgIpc) is 2.74. The van der Waals surface area contributed by atoms with Gasteiger partial charge in [0, 0.05) is 10.7 Å². The molecule has 0 amide bonds. The van der Waals surface area contributed by atoms with Crippen LogP contribution in [0, 0.1) is 0 Å². The van der Waals surface area contributed by atoms with Crippen molar-refractivity contribution in [2.75, 3.05) is 16.5 Å². The maximum Gasteiger partial charge on any atom is 0.180 e. The fraction of sp³-hybridized carbons (Fsp3) is 0.100. The number of hydrogen-bond acceptors (Lipinski definition) is 6. The van der Waals surface area contributed by atoms with E-state index < -0.39 is 6.17 Å². The highest BCUT2D eigenvalue weighted by molar-refractivity contribution is 9.10. The van der Waals surface area contributed by atoms with E-state index in [9.17, 15) is 4.79 Å². The van der Waals surface area contributed by atoms with E-state index in [4.69, 9.17) is 16.7 Å². The van der Waals surface area contributed by atoms with Gasteiger partial charge in [0.15, 0.2) is 12.5 Å². The third-order valence-electron chi connectivity index (χ3n) is 4.34. The maximum absolute atomic E-state index is 12.1. The monoisotopic (exact) mass is 455 g/mol. The van der Waals surface area contributed by atoms with Gasteiger partial charge in [-0.2, -0.15) is 5.10 Å². The van der Waals surface area contributed by atoms with Gasteiger partial charge in [0.05, 0.1) is 29.8 Å². The van der Waals surface area contributed by atoms with Crippen LogP contribution in [-0.2, 0) is 4.79 Å². The van der Waals surface area contributed by atoms with Crippen LogP contribution < -0.4 is 9.91 Å². The lowest BCUT2D eigenvalue weighted by atomic mass is 10.1. The average molecular weight is 457 g/mol. The lowest BCUT2D eigenvalue weighted by Gasteiger charge is -2.40. The molecule has 1 aromatic carbocycles. The van der Waals surface area contributed by atoms with Gasteiger partial charge in [0.2, 0.25) is 0 Å². The number of aromatic nitrogens is 2. The maximum atomic E-state index is 12.1. The summed E-state index contributed by atoms with van der Waals surface area (Å²) in [5.41, 5.74) is 3.03. The Kier molecular flexibility index (Phi) is 5.36. The minimum Gasteiger partial charge on any atom is -0.336 e. The van der Waals surface area contributed by atoms with Crippen molar-refractivity contribution in [3.63, 3.8) is 0 Å². The van der Waals surface area contributed by atoms with Crippen molar-refractivity contribution in [2.24, 2.45) is 5.10 Å². The van der Waals surface area contributed by atoms with E-state index in [-0.39, 0.29) is 0 Å². The lowest BCUT2D eigenvalue weighted by Crippen LogP contribution is -2.54. The van der Waals surface area contributed by atoms with Gasteiger partial charge in [-0.15, -0.1) is 0 Å². The van der Waals surface area contributed by atoms with Crippen molar-refractivity contribution >= 4 is 50.9 Å². The highest BCUT2D eigenvalue weighted by Crippen LogP contribution is 2.32. The largest absolute Gasteiger partial charge is 0.336 e. The Hall–Kier alpha value is -2.77. The van der Waals surface area contributed by atoms with Crippen LogP contribution in [0.25, 0.3) is 0 Å². The first-order valence-electron chi connectivity index (χ1n) is 8.53. The SMILES string of the molecule is O=CC1N(c2ccc(Cl)nc2)CC(c2ccccn2)=NN1c1ccccc1Br. The summed E-state index contributed by atoms with van der Waals surface area (Å²) in [7, 11) is 0. The smallest absolute Gasteiger partial charge is 0.180 e. The number of para-hydroxylation sites is 1. The molecule has 0 aliphatic carbocycles. The second-order valence-electron chi connectivity index (χ2n) is 6.07. The van der Waals surface area contributed by atoms with Crippen LogP contribution in [0.4, 0.5) is 11.4 Å². The predicted octanol–water partition coefficient (Wildman–Crippen LogP) is 4.15. The second kappa shape index (κ2) is 8.08. The van der Waals surface area contributed by atoms with Crippen LogP contribution in [0.15, 0.2) is 76.6 Å². The Morgan fingerprint density at radius 1 is 1.07 bits per heavy atom. The highest BCUT2D eigenvalue weighted by Gasteiger charge is 2.33. The number of halogens is 2. The first-order valence-corrected chi connectivity index (χ1v) is 9.70. The van der Waals surface area contributed by atoms with Gasteiger partial charge in [-0.3, -0.25) is 9.78 Å². The summed E-state index contributed by atoms with van der Waals surface area (Å²) in [6.45, 7) is 0.407. The zero-order valence-electron chi connectivity index (χ0n) is 14.6. The molecule has 0 bridgehead atoms. The summed E-state index contributed by atoms with van der Waals surface area (Å²) in [5.74, 6) is 0. The molecule has 1 aliphatic heterocycles. The van der Waals surface area contributed by atoms with E-state index in [0.717, 1.165) is 33.5 Å². The normalized spacial score (nSPS) is 16.6. The molecule has 0 fully saturated rings. The lowest BCUT2D eigenvalue weighted by molar-refractivity contribution is -0.109. The molecule has 8 heteroatoms. The van der Waals surface area contributed by atoms with Gasteiger partial charge >= 0.3 is 0 Å². The first-order chi connectivity index (χ1) is 13.7. The van der Waals surface area contributed by atoms with Gasteiger partial charge in [0.25, 0.3) is 0 Å². The predicted molar refractivity (Wildman–Crippen MR) is 114 cm³/mol. The van der Waals surface area contributed by atoms with Crippen LogP contribution in [0.3, 0.4) is 0 Å². The molecule has 6 nitrogen and oxygen atoms in total. The zero-order valence-corrected chi connectivity index (χ0v) is 17.0. The molecular weight excluding hydrogens is 442 g/mol. The van der Waals surface area contributed by atoms with Crippen molar-refractivity contribution in [3.8, 4) is 0 Å². The Labute approximate surface area is 175 Å². The standard InChI is InChI=1S/C20H15BrClN5O/c21-15-5-1-2-7-18(15)27-20(13-28)26(14-8-9-19(22)24-11-14)12-17(25-27)16-6-3-4-10-23-16/h1-11,13,20H,12H2. The van der Waals surface area contributed by atoms with E-state index in [2.05, 4.69) is 25.9 Å². The topological polar surface area (TPSA) is 61.7 Å². The fourth-order valence-corrected chi connectivity index (χ4v) is 3.60. The zero-order chi connectivity index (χ0) is 19.5. The third kappa shape index (κ3) is 3.63. The summed E-state index contributed by atoms with van der Waals surface area (Å²) in [6.07, 6.45) is 3.60. The van der Waals surface area contributed by atoms with Crippen LogP contribution in [-0.4, -0.2) is 34.7 Å². The first kappa shape index (κ1) is 18.6. The molecule has 1 unspecified atom stereocenters. The molecule has 28 heavy (non-hydrogen) atoms. The molecule has 4 rings (SSSR count). The molecule has 0 spiro atoms. The molecule has 2 aromatic heterocycles. The second-order valence-corrected chi connectivity index (χ2v) is 7.32. The van der Waals surface area contributed by atoms with Gasteiger partial charge in [-0.05, 0) is 52.3 Å². The summed E-state index contributed by atoms with van der Waals surface area (Å²) in [4.78, 5) is 22.6. The van der Waals surface area contributed by atoms with Crippen LogP contribution in [0.2, 0.25) is 5.15 Å². The molecule has 0 N–H and O–H groups in total. The van der Waals surface area contributed by atoms with Gasteiger partial charge in [0.1, 0.15) is 10.9 Å². The van der Waals surface area contributed by atoms with Crippen molar-refractivity contribution < 1.29 is 4.79 Å². The molecule has 3 heterocycles. The van der Waals surface area contributed by atoms with Crippen LogP contribution in [0.1, 0.15) is 5.69 Å². The van der Waals surface area contributed by atoms with Crippen LogP contribution >= 0.6 is 27.5 Å². The Morgan fingerprint density at radius 2 is 1.89 bits per heavy atom. The minimum absolute atomic E-state index is 0.393. The molecule has 1 atom stereocenters. The number of rotatable bonds is 4. The van der Waals surface area contributed by atoms with E-state index in [1.807, 2.05) is 53.4 Å². The van der Waals surface area contributed by atoms with Crippen molar-refractivity contribution in [1.82, 2.24) is 9.97 Å². The summed E-state index contributed by atoms with van der Waals surface area (Å²) in [5, 5.41) is 6.85. The van der Waals surface area contributed by atoms with Crippen molar-refractivity contribution in [1.29, 1.82) is 0 Å². The number of hydrazone groups is 1.